The number of benzene rings is 1. The van der Waals surface area contributed by atoms with Crippen molar-refractivity contribution in [3.8, 4) is 5.75 Å². The van der Waals surface area contributed by atoms with Gasteiger partial charge in [0.1, 0.15) is 12.4 Å². The van der Waals surface area contributed by atoms with Gasteiger partial charge in [-0.15, -0.1) is 0 Å². The topological polar surface area (TPSA) is 73.9 Å². The fourth-order valence-corrected chi connectivity index (χ4v) is 5.19. The molecule has 1 aliphatic carbocycles. The van der Waals surface area contributed by atoms with Gasteiger partial charge in [0.15, 0.2) is 5.78 Å². The zero-order valence-electron chi connectivity index (χ0n) is 19.0. The second-order valence-electron chi connectivity index (χ2n) is 9.56. The molecule has 0 saturated carbocycles. The number of carbonyl (C=O) groups is 2. The Bertz CT molecular complexity index is 1000. The van der Waals surface area contributed by atoms with Crippen LogP contribution in [0.2, 0.25) is 5.02 Å². The Morgan fingerprint density at radius 3 is 2.75 bits per heavy atom. The summed E-state index contributed by atoms with van der Waals surface area (Å²) >= 11 is 6.43. The number of allylic oxidation sites excluding steroid dienone is 3. The van der Waals surface area contributed by atoms with Gasteiger partial charge in [0.2, 0.25) is 0 Å². The molecule has 172 valence electrons. The first-order chi connectivity index (χ1) is 15.2. The summed E-state index contributed by atoms with van der Waals surface area (Å²) in [5, 5.41) is 3.78. The van der Waals surface area contributed by atoms with Crippen molar-refractivity contribution >= 4 is 23.4 Å². The van der Waals surface area contributed by atoms with E-state index in [1.54, 1.807) is 19.2 Å². The molecule has 1 aromatic rings. The Hall–Kier alpha value is -2.31. The minimum Gasteiger partial charge on any atom is -0.495 e. The van der Waals surface area contributed by atoms with Crippen LogP contribution in [0, 0.1) is 5.41 Å². The van der Waals surface area contributed by atoms with Crippen LogP contribution < -0.4 is 10.1 Å². The smallest absolute Gasteiger partial charge is 0.336 e. The Morgan fingerprint density at radius 1 is 1.31 bits per heavy atom. The van der Waals surface area contributed by atoms with Gasteiger partial charge in [0, 0.05) is 35.9 Å². The molecule has 1 aromatic carbocycles. The van der Waals surface area contributed by atoms with E-state index in [-0.39, 0.29) is 23.9 Å². The second kappa shape index (κ2) is 8.91. The largest absolute Gasteiger partial charge is 0.495 e. The zero-order chi connectivity index (χ0) is 23.0. The lowest BCUT2D eigenvalue weighted by Gasteiger charge is -2.39. The second-order valence-corrected chi connectivity index (χ2v) is 9.96. The van der Waals surface area contributed by atoms with Crippen molar-refractivity contribution in [1.29, 1.82) is 0 Å². The van der Waals surface area contributed by atoms with Gasteiger partial charge in [-0.05, 0) is 49.3 Å². The van der Waals surface area contributed by atoms with Crippen molar-refractivity contribution in [2.24, 2.45) is 5.41 Å². The molecule has 7 heteroatoms. The molecule has 2 aliphatic heterocycles. The van der Waals surface area contributed by atoms with Gasteiger partial charge in [-0.3, -0.25) is 4.79 Å². The molecule has 0 spiro atoms. The third kappa shape index (κ3) is 4.44. The van der Waals surface area contributed by atoms with E-state index in [0.717, 1.165) is 30.5 Å². The first-order valence-electron chi connectivity index (χ1n) is 11.1. The maximum Gasteiger partial charge on any atom is 0.336 e. The molecular weight excluding hydrogens is 430 g/mol. The van der Waals surface area contributed by atoms with Gasteiger partial charge in [-0.2, -0.15) is 0 Å². The number of ketones is 1. The third-order valence-electron chi connectivity index (χ3n) is 6.39. The highest BCUT2D eigenvalue weighted by molar-refractivity contribution is 6.32. The molecule has 0 aromatic heterocycles. The summed E-state index contributed by atoms with van der Waals surface area (Å²) in [7, 11) is 1.55. The van der Waals surface area contributed by atoms with Crippen LogP contribution in [0.3, 0.4) is 0 Å². The lowest BCUT2D eigenvalue weighted by Crippen LogP contribution is -2.39. The van der Waals surface area contributed by atoms with Gasteiger partial charge in [-0.25, -0.2) is 4.79 Å². The fourth-order valence-electron chi connectivity index (χ4n) is 4.92. The van der Waals surface area contributed by atoms with Gasteiger partial charge in [0.25, 0.3) is 0 Å². The number of carbonyl (C=O) groups excluding carboxylic acids is 2. The maximum atomic E-state index is 13.3. The summed E-state index contributed by atoms with van der Waals surface area (Å²) < 4.78 is 16.6. The predicted molar refractivity (Wildman–Crippen MR) is 122 cm³/mol. The predicted octanol–water partition coefficient (Wildman–Crippen LogP) is 4.67. The molecule has 2 heterocycles. The number of hydrogen-bond donors (Lipinski definition) is 1. The molecule has 3 aliphatic rings. The molecule has 4 rings (SSSR count). The first-order valence-corrected chi connectivity index (χ1v) is 11.4. The first kappa shape index (κ1) is 22.9. The van der Waals surface area contributed by atoms with Crippen molar-refractivity contribution < 1.29 is 23.8 Å². The summed E-state index contributed by atoms with van der Waals surface area (Å²) in [6.45, 7) is 6.92. The minimum atomic E-state index is -0.546. The normalized spacial score (nSPS) is 24.8. The van der Waals surface area contributed by atoms with Crippen LogP contribution in [0.5, 0.6) is 5.75 Å². The van der Waals surface area contributed by atoms with Crippen LogP contribution >= 0.6 is 11.6 Å². The van der Waals surface area contributed by atoms with Gasteiger partial charge < -0.3 is 19.5 Å². The van der Waals surface area contributed by atoms with E-state index in [1.807, 2.05) is 13.0 Å². The molecule has 6 nitrogen and oxygen atoms in total. The minimum absolute atomic E-state index is 0.0395. The number of rotatable bonds is 5. The molecule has 1 fully saturated rings. The van der Waals surface area contributed by atoms with E-state index >= 15 is 0 Å². The third-order valence-corrected chi connectivity index (χ3v) is 6.69. The molecule has 0 unspecified atom stereocenters. The molecule has 0 bridgehead atoms. The van der Waals surface area contributed by atoms with E-state index < -0.39 is 11.9 Å². The van der Waals surface area contributed by atoms with Gasteiger partial charge in [-0.1, -0.05) is 31.5 Å². The van der Waals surface area contributed by atoms with Crippen LogP contribution in [-0.4, -0.2) is 38.2 Å². The van der Waals surface area contributed by atoms with Crippen LogP contribution in [-0.2, 0) is 19.1 Å². The van der Waals surface area contributed by atoms with Crippen LogP contribution in [0.1, 0.15) is 57.9 Å². The highest BCUT2D eigenvalue weighted by atomic mass is 35.5. The van der Waals surface area contributed by atoms with E-state index in [0.29, 0.717) is 40.6 Å². The Balaban J connectivity index is 1.74. The standard InChI is InChI=1S/C25H30ClNO5/c1-14-21(24(29)32-13-16-6-5-9-31-16)22(15-7-8-20(30-4)17(26)10-15)23-18(27-14)11-25(2,3)12-19(23)28/h7-8,10,16,22,27H,5-6,9,11-13H2,1-4H3/t16-,22-/m1/s1. The van der Waals surface area contributed by atoms with Crippen LogP contribution in [0.15, 0.2) is 40.7 Å². The lowest BCUT2D eigenvalue weighted by molar-refractivity contribution is -0.142. The van der Waals surface area contributed by atoms with E-state index in [1.165, 1.54) is 0 Å². The van der Waals surface area contributed by atoms with E-state index in [2.05, 4.69) is 19.2 Å². The van der Waals surface area contributed by atoms with Crippen molar-refractivity contribution in [3.63, 3.8) is 0 Å². The summed E-state index contributed by atoms with van der Waals surface area (Å²) in [4.78, 5) is 26.6. The van der Waals surface area contributed by atoms with Crippen molar-refractivity contribution in [2.45, 2.75) is 58.5 Å². The van der Waals surface area contributed by atoms with E-state index in [4.69, 9.17) is 25.8 Å². The number of hydrogen-bond acceptors (Lipinski definition) is 6. The van der Waals surface area contributed by atoms with Crippen LogP contribution in [0.4, 0.5) is 0 Å². The van der Waals surface area contributed by atoms with E-state index in [9.17, 15) is 9.59 Å². The summed E-state index contributed by atoms with van der Waals surface area (Å²) in [6, 6.07) is 5.40. The monoisotopic (exact) mass is 459 g/mol. The lowest BCUT2D eigenvalue weighted by atomic mass is 9.68. The number of methoxy groups -OCH3 is 1. The number of esters is 1. The highest BCUT2D eigenvalue weighted by Crippen LogP contribution is 2.47. The molecule has 0 amide bonds. The van der Waals surface area contributed by atoms with Crippen molar-refractivity contribution in [3.05, 3.63) is 51.3 Å². The molecule has 32 heavy (non-hydrogen) atoms. The zero-order valence-corrected chi connectivity index (χ0v) is 19.8. The molecular formula is C25H30ClNO5. The molecule has 1 N–H and O–H groups in total. The number of halogens is 1. The maximum absolute atomic E-state index is 13.3. The number of ether oxygens (including phenoxy) is 3. The van der Waals surface area contributed by atoms with Crippen LogP contribution in [0.25, 0.3) is 0 Å². The molecule has 1 saturated heterocycles. The van der Waals surface area contributed by atoms with Crippen molar-refractivity contribution in [1.82, 2.24) is 5.32 Å². The molecule has 0 radical (unpaired) electrons. The summed E-state index contributed by atoms with van der Waals surface area (Å²) in [5.74, 6) is -0.405. The number of dihydropyridines is 1. The SMILES string of the molecule is COc1ccc([C@@H]2C(C(=O)OC[C@H]3CCCO3)=C(C)NC3=C2C(=O)CC(C)(C)C3)cc1Cl. The fraction of sp³-hybridized carbons (Fsp3) is 0.520. The Morgan fingerprint density at radius 2 is 2.09 bits per heavy atom. The Kier molecular flexibility index (Phi) is 6.37. The summed E-state index contributed by atoms with van der Waals surface area (Å²) in [5.41, 5.74) is 3.25. The number of nitrogens with one attached hydrogen (secondary N) is 1. The molecule has 2 atom stereocenters. The highest BCUT2D eigenvalue weighted by Gasteiger charge is 2.43. The Labute approximate surface area is 193 Å². The average Bonchev–Trinajstić information content (AvgIpc) is 3.23. The van der Waals surface area contributed by atoms with Gasteiger partial charge >= 0.3 is 5.97 Å². The number of Topliss-reactive ketones (excluding diaryl/α,β-unsaturated/α-hetero) is 1. The van der Waals surface area contributed by atoms with Crippen molar-refractivity contribution in [2.75, 3.05) is 20.3 Å². The summed E-state index contributed by atoms with van der Waals surface area (Å²) in [6.07, 6.45) is 2.93. The average molecular weight is 460 g/mol. The quantitative estimate of drug-likeness (QED) is 0.645. The van der Waals surface area contributed by atoms with Gasteiger partial charge in [0.05, 0.1) is 23.8 Å².